The van der Waals surface area contributed by atoms with Crippen molar-refractivity contribution >= 4 is 28.8 Å². The van der Waals surface area contributed by atoms with Crippen LogP contribution in [0.25, 0.3) is 0 Å². The SMILES string of the molecule is Cc1cc(C)cc(N2CC[C@H](NC(=O)c3sccc3C)C2=O)c1. The van der Waals surface area contributed by atoms with Crippen molar-refractivity contribution in [3.8, 4) is 0 Å². The van der Waals surface area contributed by atoms with Gasteiger partial charge in [-0.15, -0.1) is 11.3 Å². The summed E-state index contributed by atoms with van der Waals surface area (Å²) < 4.78 is 0. The van der Waals surface area contributed by atoms with Gasteiger partial charge in [-0.1, -0.05) is 6.07 Å². The third kappa shape index (κ3) is 3.15. The topological polar surface area (TPSA) is 49.4 Å². The third-order valence-corrected chi connectivity index (χ3v) is 5.11. The Balaban J connectivity index is 1.74. The molecule has 1 aromatic carbocycles. The summed E-state index contributed by atoms with van der Waals surface area (Å²) in [4.78, 5) is 27.4. The first-order valence-corrected chi connectivity index (χ1v) is 8.58. The fourth-order valence-corrected chi connectivity index (χ4v) is 3.83. The Morgan fingerprint density at radius 3 is 2.52 bits per heavy atom. The maximum atomic E-state index is 12.6. The van der Waals surface area contributed by atoms with Crippen molar-refractivity contribution in [1.82, 2.24) is 5.32 Å². The molecule has 1 aliphatic heterocycles. The summed E-state index contributed by atoms with van der Waals surface area (Å²) in [6.45, 7) is 6.59. The number of anilines is 1. The maximum Gasteiger partial charge on any atom is 0.262 e. The van der Waals surface area contributed by atoms with Crippen molar-refractivity contribution in [2.24, 2.45) is 0 Å². The molecule has 0 unspecified atom stereocenters. The highest BCUT2D eigenvalue weighted by atomic mass is 32.1. The number of aryl methyl sites for hydroxylation is 3. The molecule has 5 heteroatoms. The first-order valence-electron chi connectivity index (χ1n) is 7.70. The van der Waals surface area contributed by atoms with E-state index in [2.05, 4.69) is 11.4 Å². The molecule has 0 spiro atoms. The van der Waals surface area contributed by atoms with Gasteiger partial charge in [-0.3, -0.25) is 9.59 Å². The molecule has 0 radical (unpaired) electrons. The van der Waals surface area contributed by atoms with Crippen LogP contribution >= 0.6 is 11.3 Å². The zero-order valence-electron chi connectivity index (χ0n) is 13.6. The number of hydrogen-bond donors (Lipinski definition) is 1. The summed E-state index contributed by atoms with van der Waals surface area (Å²) in [6.07, 6.45) is 0.641. The second-order valence-electron chi connectivity index (χ2n) is 6.08. The number of nitrogens with zero attached hydrogens (tertiary/aromatic N) is 1. The number of amides is 2. The third-order valence-electron chi connectivity index (χ3n) is 4.10. The summed E-state index contributed by atoms with van der Waals surface area (Å²) in [5.74, 6) is -0.185. The quantitative estimate of drug-likeness (QED) is 0.940. The second-order valence-corrected chi connectivity index (χ2v) is 7.00. The molecule has 1 aromatic heterocycles. The molecule has 2 aromatic rings. The molecule has 1 N–H and O–H groups in total. The van der Waals surface area contributed by atoms with Crippen LogP contribution in [0.3, 0.4) is 0 Å². The van der Waals surface area contributed by atoms with Gasteiger partial charge in [0.15, 0.2) is 0 Å². The van der Waals surface area contributed by atoms with Crippen LogP contribution in [-0.2, 0) is 4.79 Å². The van der Waals surface area contributed by atoms with Crippen LogP contribution in [0.4, 0.5) is 5.69 Å². The number of carbonyl (C=O) groups excluding carboxylic acids is 2. The van der Waals surface area contributed by atoms with Crippen molar-refractivity contribution in [3.05, 3.63) is 51.2 Å². The van der Waals surface area contributed by atoms with E-state index in [-0.39, 0.29) is 11.8 Å². The lowest BCUT2D eigenvalue weighted by molar-refractivity contribution is -0.118. The molecular weight excluding hydrogens is 308 g/mol. The summed E-state index contributed by atoms with van der Waals surface area (Å²) in [6, 6.07) is 7.59. The summed E-state index contributed by atoms with van der Waals surface area (Å²) >= 11 is 1.41. The van der Waals surface area contributed by atoms with Gasteiger partial charge in [-0.05, 0) is 67.5 Å². The molecular formula is C18H20N2O2S. The Labute approximate surface area is 140 Å². The van der Waals surface area contributed by atoms with E-state index in [0.29, 0.717) is 17.8 Å². The van der Waals surface area contributed by atoms with E-state index < -0.39 is 6.04 Å². The Morgan fingerprint density at radius 2 is 1.91 bits per heavy atom. The van der Waals surface area contributed by atoms with Crippen LogP contribution < -0.4 is 10.2 Å². The van der Waals surface area contributed by atoms with Crippen molar-refractivity contribution in [3.63, 3.8) is 0 Å². The molecule has 23 heavy (non-hydrogen) atoms. The first kappa shape index (κ1) is 15.7. The largest absolute Gasteiger partial charge is 0.339 e. The van der Waals surface area contributed by atoms with E-state index in [1.54, 1.807) is 4.90 Å². The Bertz CT molecular complexity index is 746. The average Bonchev–Trinajstić information content (AvgIpc) is 3.05. The van der Waals surface area contributed by atoms with E-state index in [1.165, 1.54) is 11.3 Å². The molecule has 4 nitrogen and oxygen atoms in total. The van der Waals surface area contributed by atoms with Crippen LogP contribution in [0.15, 0.2) is 29.6 Å². The maximum absolute atomic E-state index is 12.6. The van der Waals surface area contributed by atoms with Crippen molar-refractivity contribution in [2.45, 2.75) is 33.2 Å². The van der Waals surface area contributed by atoms with Crippen molar-refractivity contribution in [2.75, 3.05) is 11.4 Å². The Kier molecular flexibility index (Phi) is 4.22. The number of thiophene rings is 1. The van der Waals surface area contributed by atoms with Gasteiger partial charge < -0.3 is 10.2 Å². The van der Waals surface area contributed by atoms with Crippen LogP contribution in [0.5, 0.6) is 0 Å². The molecule has 0 saturated carbocycles. The van der Waals surface area contributed by atoms with E-state index in [1.807, 2.05) is 44.4 Å². The minimum atomic E-state index is -0.440. The zero-order chi connectivity index (χ0) is 16.6. The molecule has 1 aliphatic rings. The van der Waals surface area contributed by atoms with Crippen molar-refractivity contribution in [1.29, 1.82) is 0 Å². The highest BCUT2D eigenvalue weighted by molar-refractivity contribution is 7.12. The van der Waals surface area contributed by atoms with Gasteiger partial charge >= 0.3 is 0 Å². The summed E-state index contributed by atoms with van der Waals surface area (Å²) in [5.41, 5.74) is 4.13. The van der Waals surface area contributed by atoms with Crippen LogP contribution in [0, 0.1) is 20.8 Å². The monoisotopic (exact) mass is 328 g/mol. The van der Waals surface area contributed by atoms with Crippen LogP contribution in [0.1, 0.15) is 32.8 Å². The molecule has 120 valence electrons. The lowest BCUT2D eigenvalue weighted by Crippen LogP contribution is -2.41. The summed E-state index contributed by atoms with van der Waals surface area (Å²) in [7, 11) is 0. The second kappa shape index (κ2) is 6.16. The number of nitrogens with one attached hydrogen (secondary N) is 1. The van der Waals surface area contributed by atoms with Crippen LogP contribution in [0.2, 0.25) is 0 Å². The standard InChI is InChI=1S/C18H20N2O2S/c1-11-8-12(2)10-14(9-11)20-6-4-15(18(20)22)19-17(21)16-13(3)5-7-23-16/h5,7-10,15H,4,6H2,1-3H3,(H,19,21)/t15-/m0/s1. The molecule has 1 saturated heterocycles. The van der Waals surface area contributed by atoms with Gasteiger partial charge in [0, 0.05) is 12.2 Å². The van der Waals surface area contributed by atoms with E-state index in [4.69, 9.17) is 0 Å². The molecule has 2 amide bonds. The molecule has 2 heterocycles. The average molecular weight is 328 g/mol. The van der Waals surface area contributed by atoms with Crippen molar-refractivity contribution < 1.29 is 9.59 Å². The van der Waals surface area contributed by atoms with Crippen LogP contribution in [-0.4, -0.2) is 24.4 Å². The number of rotatable bonds is 3. The summed E-state index contributed by atoms with van der Waals surface area (Å²) in [5, 5.41) is 4.77. The smallest absolute Gasteiger partial charge is 0.262 e. The fourth-order valence-electron chi connectivity index (χ4n) is 3.01. The molecule has 0 bridgehead atoms. The predicted molar refractivity (Wildman–Crippen MR) is 93.2 cm³/mol. The van der Waals surface area contributed by atoms with Gasteiger partial charge in [0.1, 0.15) is 6.04 Å². The molecule has 0 aliphatic carbocycles. The number of benzene rings is 1. The predicted octanol–water partition coefficient (Wildman–Crippen LogP) is 3.21. The first-order chi connectivity index (χ1) is 11.0. The molecule has 1 fully saturated rings. The van der Waals surface area contributed by atoms with Gasteiger partial charge in [0.2, 0.25) is 5.91 Å². The van der Waals surface area contributed by atoms with E-state index >= 15 is 0 Å². The van der Waals surface area contributed by atoms with E-state index in [0.717, 1.165) is 22.4 Å². The van der Waals surface area contributed by atoms with Gasteiger partial charge in [0.25, 0.3) is 5.91 Å². The Hall–Kier alpha value is -2.14. The van der Waals surface area contributed by atoms with E-state index in [9.17, 15) is 9.59 Å². The van der Waals surface area contributed by atoms with Gasteiger partial charge in [-0.2, -0.15) is 0 Å². The van der Waals surface area contributed by atoms with Gasteiger partial charge in [0.05, 0.1) is 4.88 Å². The minimum absolute atomic E-state index is 0.0300. The number of hydrogen-bond acceptors (Lipinski definition) is 3. The minimum Gasteiger partial charge on any atom is -0.339 e. The normalized spacial score (nSPS) is 17.6. The lowest BCUT2D eigenvalue weighted by Gasteiger charge is -2.18. The Morgan fingerprint density at radius 1 is 1.22 bits per heavy atom. The molecule has 3 rings (SSSR count). The zero-order valence-corrected chi connectivity index (χ0v) is 14.4. The fraction of sp³-hybridized carbons (Fsp3) is 0.333. The number of carbonyl (C=O) groups is 2. The highest BCUT2D eigenvalue weighted by Crippen LogP contribution is 2.25. The molecule has 1 atom stereocenters. The van der Waals surface area contributed by atoms with Gasteiger partial charge in [-0.25, -0.2) is 0 Å². The lowest BCUT2D eigenvalue weighted by atomic mass is 10.1. The highest BCUT2D eigenvalue weighted by Gasteiger charge is 2.34.